The van der Waals surface area contributed by atoms with Gasteiger partial charge in [0, 0.05) is 27.9 Å². The summed E-state index contributed by atoms with van der Waals surface area (Å²) in [6.45, 7) is 13.9. The number of anilines is 3. The second-order valence-corrected chi connectivity index (χ2v) is 28.2. The molecule has 11 aromatic rings. The molecule has 0 unspecified atom stereocenters. The lowest BCUT2D eigenvalue weighted by Crippen LogP contribution is -2.26. The molecule has 0 aromatic heterocycles. The maximum Gasteiger partial charge on any atom is 0.0465 e. The number of nitrogens with zero attached hydrogens (tertiary/aromatic N) is 1. The van der Waals surface area contributed by atoms with Crippen molar-refractivity contribution in [2.24, 2.45) is 0 Å². The fourth-order valence-electron chi connectivity index (χ4n) is 17.1. The van der Waals surface area contributed by atoms with Gasteiger partial charge in [0.2, 0.25) is 0 Å². The van der Waals surface area contributed by atoms with Gasteiger partial charge in [0.1, 0.15) is 0 Å². The largest absolute Gasteiger partial charge is 0.310 e. The van der Waals surface area contributed by atoms with Crippen molar-refractivity contribution < 1.29 is 0 Å². The third-order valence-electron chi connectivity index (χ3n) is 22.0. The zero-order valence-electron chi connectivity index (χ0n) is 57.1. The average molecular weight is 1220 g/mol. The third kappa shape index (κ3) is 12.8. The molecule has 0 saturated carbocycles. The highest BCUT2D eigenvalue weighted by atomic mass is 15.1. The number of aryl methyl sites for hydroxylation is 2. The molecule has 0 saturated heterocycles. The Kier molecular flexibility index (Phi) is 20.0. The van der Waals surface area contributed by atoms with E-state index < -0.39 is 0 Å². The first-order valence-corrected chi connectivity index (χ1v) is 36.7. The van der Waals surface area contributed by atoms with Crippen LogP contribution in [0, 0.1) is 13.8 Å². The summed E-state index contributed by atoms with van der Waals surface area (Å²) in [6, 6.07) is 83.5. The molecule has 13 rings (SSSR count). The summed E-state index contributed by atoms with van der Waals surface area (Å²) < 4.78 is 0. The molecule has 2 aliphatic rings. The van der Waals surface area contributed by atoms with E-state index in [0.29, 0.717) is 0 Å². The Labute approximate surface area is 558 Å². The molecule has 0 bridgehead atoms. The van der Waals surface area contributed by atoms with E-state index in [4.69, 9.17) is 0 Å². The molecule has 0 radical (unpaired) electrons. The summed E-state index contributed by atoms with van der Waals surface area (Å²) in [4.78, 5) is 2.56. The minimum atomic E-state index is -0.150. The summed E-state index contributed by atoms with van der Waals surface area (Å²) in [7, 11) is 0. The molecule has 0 aliphatic heterocycles. The number of rotatable bonds is 30. The first kappa shape index (κ1) is 63.7. The van der Waals surface area contributed by atoms with Crippen LogP contribution in [0.25, 0.3) is 88.0 Å². The van der Waals surface area contributed by atoms with Crippen LogP contribution in [-0.2, 0) is 10.8 Å². The van der Waals surface area contributed by atoms with E-state index in [1.54, 1.807) is 11.1 Å². The van der Waals surface area contributed by atoms with Crippen LogP contribution in [0.15, 0.2) is 212 Å². The van der Waals surface area contributed by atoms with E-state index in [0.717, 1.165) is 12.8 Å². The minimum absolute atomic E-state index is 0.0354. The highest BCUT2D eigenvalue weighted by Crippen LogP contribution is 2.59. The van der Waals surface area contributed by atoms with Gasteiger partial charge in [-0.25, -0.2) is 0 Å². The van der Waals surface area contributed by atoms with Crippen LogP contribution in [0.5, 0.6) is 0 Å². The van der Waals surface area contributed by atoms with Gasteiger partial charge in [-0.2, -0.15) is 0 Å². The third-order valence-corrected chi connectivity index (χ3v) is 22.0. The van der Waals surface area contributed by atoms with Gasteiger partial charge < -0.3 is 4.90 Å². The van der Waals surface area contributed by atoms with E-state index in [1.165, 1.54) is 269 Å². The highest BCUT2D eigenvalue weighted by molar-refractivity contribution is 6.22. The second-order valence-electron chi connectivity index (χ2n) is 28.2. The average Bonchev–Trinajstić information content (AvgIpc) is 1.64. The predicted molar refractivity (Wildman–Crippen MR) is 405 cm³/mol. The minimum Gasteiger partial charge on any atom is -0.310 e. The van der Waals surface area contributed by atoms with Crippen molar-refractivity contribution in [1.29, 1.82) is 0 Å². The van der Waals surface area contributed by atoms with Crippen LogP contribution in [-0.4, -0.2) is 0 Å². The molecule has 0 atom stereocenters. The van der Waals surface area contributed by atoms with Crippen LogP contribution in [0.1, 0.15) is 215 Å². The summed E-state index contributed by atoms with van der Waals surface area (Å²) in [5.41, 5.74) is 25.9. The van der Waals surface area contributed by atoms with Gasteiger partial charge in [0.25, 0.3) is 0 Å². The Bertz CT molecular complexity index is 4280. The van der Waals surface area contributed by atoms with Crippen LogP contribution >= 0.6 is 0 Å². The van der Waals surface area contributed by atoms with E-state index in [9.17, 15) is 0 Å². The van der Waals surface area contributed by atoms with Gasteiger partial charge in [0.15, 0.2) is 0 Å². The Balaban J connectivity index is 0.906. The number of unbranched alkanes of at least 4 members (excludes halogenated alkanes) is 16. The molecule has 0 spiro atoms. The van der Waals surface area contributed by atoms with E-state index >= 15 is 0 Å². The van der Waals surface area contributed by atoms with Gasteiger partial charge in [-0.3, -0.25) is 0 Å². The van der Waals surface area contributed by atoms with Gasteiger partial charge >= 0.3 is 0 Å². The molecule has 0 fully saturated rings. The summed E-state index contributed by atoms with van der Waals surface area (Å²) in [6.07, 6.45) is 30.5. The predicted octanol–water partition coefficient (Wildman–Crippen LogP) is 28.2. The summed E-state index contributed by atoms with van der Waals surface area (Å²) >= 11 is 0. The van der Waals surface area contributed by atoms with Crippen molar-refractivity contribution in [3.8, 4) is 55.6 Å². The van der Waals surface area contributed by atoms with Crippen LogP contribution < -0.4 is 4.90 Å². The molecule has 1 heteroatoms. The number of benzene rings is 11. The van der Waals surface area contributed by atoms with Gasteiger partial charge in [0.05, 0.1) is 0 Å². The highest BCUT2D eigenvalue weighted by Gasteiger charge is 2.44. The molecular weight excluding hydrogens is 1120 g/mol. The quantitative estimate of drug-likeness (QED) is 0.0320. The monoisotopic (exact) mass is 1220 g/mol. The van der Waals surface area contributed by atoms with Crippen molar-refractivity contribution in [2.75, 3.05) is 4.90 Å². The Morgan fingerprint density at radius 2 is 0.602 bits per heavy atom. The lowest BCUT2D eigenvalue weighted by atomic mass is 9.70. The van der Waals surface area contributed by atoms with Gasteiger partial charge in [-0.15, -0.1) is 0 Å². The molecule has 0 heterocycles. The molecule has 1 nitrogen and oxygen atoms in total. The van der Waals surface area contributed by atoms with E-state index in [1.807, 2.05) is 0 Å². The fraction of sp³-hybridized carbons (Fsp3) is 0.348. The van der Waals surface area contributed by atoms with Crippen molar-refractivity contribution in [2.45, 2.75) is 206 Å². The molecule has 0 N–H and O–H groups in total. The summed E-state index contributed by atoms with van der Waals surface area (Å²) in [5, 5.41) is 7.77. The second kappa shape index (κ2) is 29.1. The maximum absolute atomic E-state index is 2.68. The standard InChI is InChI=1S/C92H101N/c1-7-11-15-19-21-31-59-91(60-32-22-20-16-12-8-2)85-61-67(6)41-53-77(85)78-54-46-71(63-86(78)91)69-44-50-75(51-45-69)93(74-48-39-66(5)40-49-74)76-52-56-80-79-55-47-73(64-87(79)92(88(80)65-76,57-29-17-13-9-3)58-30-18-14-10-4)90-83-37-27-25-35-81(83)89(82-36-26-28-38-84(82)90)72-43-42-68-33-23-24-34-70(68)62-72/h23-28,33-56,61-65H,7-22,29-32,57-60H2,1-6H3. The van der Waals surface area contributed by atoms with E-state index in [-0.39, 0.29) is 10.8 Å². The molecule has 2 aliphatic carbocycles. The summed E-state index contributed by atoms with van der Waals surface area (Å²) in [5.74, 6) is 0. The Morgan fingerprint density at radius 1 is 0.258 bits per heavy atom. The smallest absolute Gasteiger partial charge is 0.0465 e. The zero-order chi connectivity index (χ0) is 63.7. The fourth-order valence-corrected chi connectivity index (χ4v) is 17.1. The first-order valence-electron chi connectivity index (χ1n) is 36.7. The Hall–Kier alpha value is -8.00. The lowest BCUT2D eigenvalue weighted by Gasteiger charge is -2.34. The number of hydrogen-bond acceptors (Lipinski definition) is 1. The van der Waals surface area contributed by atoms with Crippen LogP contribution in [0.3, 0.4) is 0 Å². The maximum atomic E-state index is 2.68. The van der Waals surface area contributed by atoms with Crippen molar-refractivity contribution in [1.82, 2.24) is 0 Å². The SMILES string of the molecule is CCCCCCCCC1(CCCCCCCC)c2cc(C)ccc2-c2ccc(-c3ccc(N(c4ccc(C)cc4)c4ccc5c(c4)C(CCCCCC)(CCCCCC)c4cc(-c6c7ccccc7c(-c7ccc8ccccc8c7)c7ccccc67)ccc4-5)cc3)cc21. The number of hydrogen-bond donors (Lipinski definition) is 0. The van der Waals surface area contributed by atoms with Crippen LogP contribution in [0.4, 0.5) is 17.1 Å². The van der Waals surface area contributed by atoms with Gasteiger partial charge in [-0.1, -0.05) is 325 Å². The van der Waals surface area contributed by atoms with Crippen molar-refractivity contribution in [3.05, 3.63) is 246 Å². The van der Waals surface area contributed by atoms with Gasteiger partial charge in [-0.05, 0) is 204 Å². The van der Waals surface area contributed by atoms with Crippen LogP contribution in [0.2, 0.25) is 0 Å². The molecular formula is C92H101N. The zero-order valence-corrected chi connectivity index (χ0v) is 57.1. The Morgan fingerprint density at radius 3 is 1.12 bits per heavy atom. The normalized spacial score (nSPS) is 13.4. The lowest BCUT2D eigenvalue weighted by molar-refractivity contribution is 0.398. The molecule has 0 amide bonds. The molecule has 474 valence electrons. The van der Waals surface area contributed by atoms with Crippen molar-refractivity contribution >= 4 is 49.4 Å². The number of fused-ring (bicyclic) bond motifs is 9. The first-order chi connectivity index (χ1) is 45.8. The molecule has 93 heavy (non-hydrogen) atoms. The van der Waals surface area contributed by atoms with E-state index in [2.05, 4.69) is 259 Å². The topological polar surface area (TPSA) is 3.24 Å². The van der Waals surface area contributed by atoms with Crippen molar-refractivity contribution in [3.63, 3.8) is 0 Å². The molecule has 11 aromatic carbocycles.